The first-order valence-electron chi connectivity index (χ1n) is 8.52. The summed E-state index contributed by atoms with van der Waals surface area (Å²) in [6.45, 7) is 3.50. The van der Waals surface area contributed by atoms with Crippen LogP contribution in [0.3, 0.4) is 0 Å². The maximum Gasteiger partial charge on any atom is 0.243 e. The van der Waals surface area contributed by atoms with Crippen LogP contribution < -0.4 is 4.90 Å². The molecule has 0 radical (unpaired) electrons. The van der Waals surface area contributed by atoms with Gasteiger partial charge in [0.15, 0.2) is 0 Å². The van der Waals surface area contributed by atoms with Gasteiger partial charge >= 0.3 is 0 Å². The minimum Gasteiger partial charge on any atom is -0.341 e. The number of rotatable bonds is 3. The van der Waals surface area contributed by atoms with Crippen LogP contribution in [0.15, 0.2) is 23.1 Å². The Kier molecular flexibility index (Phi) is 4.83. The molecular weight excluding hydrogens is 342 g/mol. The monoisotopic (exact) mass is 365 g/mol. The van der Waals surface area contributed by atoms with Crippen molar-refractivity contribution in [2.45, 2.75) is 31.1 Å². The largest absolute Gasteiger partial charge is 0.341 e. The summed E-state index contributed by atoms with van der Waals surface area (Å²) >= 11 is 0. The normalized spacial score (nSPS) is 19.0. The molecule has 8 heteroatoms. The lowest BCUT2D eigenvalue weighted by atomic mass is 10.2. The van der Waals surface area contributed by atoms with Crippen LogP contribution in [0.2, 0.25) is 0 Å². The summed E-state index contributed by atoms with van der Waals surface area (Å²) in [7, 11) is -1.94. The number of hydrogen-bond acceptors (Lipinski definition) is 4. The lowest BCUT2D eigenvalue weighted by molar-refractivity contribution is -0.130. The van der Waals surface area contributed by atoms with E-state index in [9.17, 15) is 18.0 Å². The van der Waals surface area contributed by atoms with Gasteiger partial charge in [0.05, 0.1) is 11.3 Å². The molecule has 1 fully saturated rings. The Morgan fingerprint density at radius 2 is 1.92 bits per heavy atom. The molecule has 2 aliphatic heterocycles. The summed E-state index contributed by atoms with van der Waals surface area (Å²) < 4.78 is 27.4. The van der Waals surface area contributed by atoms with E-state index < -0.39 is 10.0 Å². The van der Waals surface area contributed by atoms with Gasteiger partial charge in [-0.3, -0.25) is 9.59 Å². The Bertz CT molecular complexity index is 806. The van der Waals surface area contributed by atoms with Gasteiger partial charge in [0.2, 0.25) is 21.8 Å². The SMILES string of the molecule is CCC(=O)N1CCCN(S(=O)(=O)c2ccc3c(c2)CC(=O)N3C)CC1. The Morgan fingerprint density at radius 3 is 2.64 bits per heavy atom. The number of benzene rings is 1. The molecule has 25 heavy (non-hydrogen) atoms. The highest BCUT2D eigenvalue weighted by atomic mass is 32.2. The van der Waals surface area contributed by atoms with Crippen LogP contribution in [-0.4, -0.2) is 62.7 Å². The first-order chi connectivity index (χ1) is 11.8. The summed E-state index contributed by atoms with van der Waals surface area (Å²) in [5.41, 5.74) is 1.51. The Labute approximate surface area is 148 Å². The number of likely N-dealkylation sites (N-methyl/N-ethyl adjacent to an activating group) is 1. The molecular formula is C17H23N3O4S. The molecule has 0 bridgehead atoms. The molecule has 2 heterocycles. The fourth-order valence-corrected chi connectivity index (χ4v) is 4.88. The van der Waals surface area contributed by atoms with Crippen molar-refractivity contribution in [3.8, 4) is 0 Å². The standard InChI is InChI=1S/C17H23N3O4S/c1-3-16(21)19-7-4-8-20(10-9-19)25(23,24)14-5-6-15-13(11-14)12-17(22)18(15)2/h5-6,11H,3-4,7-10,12H2,1-2H3. The molecule has 0 saturated carbocycles. The number of carbonyl (C=O) groups is 2. The average molecular weight is 365 g/mol. The molecule has 2 aliphatic rings. The van der Waals surface area contributed by atoms with E-state index in [0.717, 1.165) is 11.3 Å². The zero-order chi connectivity index (χ0) is 18.2. The highest BCUT2D eigenvalue weighted by molar-refractivity contribution is 7.89. The quantitative estimate of drug-likeness (QED) is 0.795. The molecule has 0 N–H and O–H groups in total. The van der Waals surface area contributed by atoms with Crippen LogP contribution in [0, 0.1) is 0 Å². The van der Waals surface area contributed by atoms with Crippen LogP contribution in [-0.2, 0) is 26.0 Å². The van der Waals surface area contributed by atoms with E-state index in [1.165, 1.54) is 4.31 Å². The number of nitrogens with zero attached hydrogens (tertiary/aromatic N) is 3. The molecule has 7 nitrogen and oxygen atoms in total. The molecule has 2 amide bonds. The number of amides is 2. The Morgan fingerprint density at radius 1 is 1.16 bits per heavy atom. The molecule has 0 spiro atoms. The van der Waals surface area contributed by atoms with E-state index in [1.54, 1.807) is 35.0 Å². The zero-order valence-corrected chi connectivity index (χ0v) is 15.4. The molecule has 1 saturated heterocycles. The predicted octanol–water partition coefficient (Wildman–Crippen LogP) is 0.839. The van der Waals surface area contributed by atoms with Gasteiger partial charge in [0.25, 0.3) is 0 Å². The van der Waals surface area contributed by atoms with E-state index in [-0.39, 0.29) is 23.1 Å². The molecule has 0 aliphatic carbocycles. The van der Waals surface area contributed by atoms with Gasteiger partial charge in [-0.15, -0.1) is 0 Å². The topological polar surface area (TPSA) is 78.0 Å². The van der Waals surface area contributed by atoms with Crippen molar-refractivity contribution >= 4 is 27.5 Å². The van der Waals surface area contributed by atoms with Crippen LogP contribution >= 0.6 is 0 Å². The smallest absolute Gasteiger partial charge is 0.243 e. The van der Waals surface area contributed by atoms with Crippen molar-refractivity contribution in [3.63, 3.8) is 0 Å². The number of carbonyl (C=O) groups excluding carboxylic acids is 2. The van der Waals surface area contributed by atoms with Crippen LogP contribution in [0.1, 0.15) is 25.3 Å². The van der Waals surface area contributed by atoms with E-state index >= 15 is 0 Å². The fraction of sp³-hybridized carbons (Fsp3) is 0.529. The maximum atomic E-state index is 13.0. The molecule has 1 aromatic carbocycles. The highest BCUT2D eigenvalue weighted by Gasteiger charge is 2.30. The number of anilines is 1. The predicted molar refractivity (Wildman–Crippen MR) is 93.8 cm³/mol. The first-order valence-corrected chi connectivity index (χ1v) is 9.96. The summed E-state index contributed by atoms with van der Waals surface area (Å²) in [5.74, 6) is 0.0198. The summed E-state index contributed by atoms with van der Waals surface area (Å²) in [6.07, 6.45) is 1.28. The van der Waals surface area contributed by atoms with E-state index in [2.05, 4.69) is 0 Å². The molecule has 0 unspecified atom stereocenters. The lowest BCUT2D eigenvalue weighted by Crippen LogP contribution is -2.37. The first kappa shape index (κ1) is 17.9. The van der Waals surface area contributed by atoms with Crippen molar-refractivity contribution in [1.82, 2.24) is 9.21 Å². The number of hydrogen-bond donors (Lipinski definition) is 0. The average Bonchev–Trinajstić information content (AvgIpc) is 2.79. The number of fused-ring (bicyclic) bond motifs is 1. The summed E-state index contributed by atoms with van der Waals surface area (Å²) in [4.78, 5) is 27.1. The second-order valence-electron chi connectivity index (χ2n) is 6.41. The third kappa shape index (κ3) is 3.28. The minimum atomic E-state index is -3.63. The second-order valence-corrected chi connectivity index (χ2v) is 8.35. The van der Waals surface area contributed by atoms with Gasteiger partial charge in [-0.05, 0) is 30.2 Å². The van der Waals surface area contributed by atoms with Gasteiger partial charge in [-0.2, -0.15) is 4.31 Å². The molecule has 3 rings (SSSR count). The zero-order valence-electron chi connectivity index (χ0n) is 14.6. The van der Waals surface area contributed by atoms with Gasteiger partial charge in [0.1, 0.15) is 0 Å². The Balaban J connectivity index is 1.82. The van der Waals surface area contributed by atoms with Crippen LogP contribution in [0.5, 0.6) is 0 Å². The number of sulfonamides is 1. The van der Waals surface area contributed by atoms with Gasteiger partial charge in [-0.1, -0.05) is 6.92 Å². The maximum absolute atomic E-state index is 13.0. The van der Waals surface area contributed by atoms with E-state index in [1.807, 2.05) is 6.92 Å². The van der Waals surface area contributed by atoms with Crippen molar-refractivity contribution in [2.75, 3.05) is 38.1 Å². The molecule has 0 aromatic heterocycles. The van der Waals surface area contributed by atoms with Crippen LogP contribution in [0.4, 0.5) is 5.69 Å². The third-order valence-electron chi connectivity index (χ3n) is 4.88. The fourth-order valence-electron chi connectivity index (χ4n) is 3.36. The van der Waals surface area contributed by atoms with Crippen molar-refractivity contribution in [2.24, 2.45) is 0 Å². The van der Waals surface area contributed by atoms with Gasteiger partial charge in [-0.25, -0.2) is 8.42 Å². The highest BCUT2D eigenvalue weighted by Crippen LogP contribution is 2.30. The Hall–Kier alpha value is -1.93. The molecule has 0 atom stereocenters. The van der Waals surface area contributed by atoms with Crippen molar-refractivity contribution < 1.29 is 18.0 Å². The van der Waals surface area contributed by atoms with Crippen molar-refractivity contribution in [1.29, 1.82) is 0 Å². The summed E-state index contributed by atoms with van der Waals surface area (Å²) in [5, 5.41) is 0. The third-order valence-corrected chi connectivity index (χ3v) is 6.77. The van der Waals surface area contributed by atoms with Crippen molar-refractivity contribution in [3.05, 3.63) is 23.8 Å². The van der Waals surface area contributed by atoms with Crippen LogP contribution in [0.25, 0.3) is 0 Å². The second kappa shape index (κ2) is 6.76. The van der Waals surface area contributed by atoms with Gasteiger partial charge in [0, 0.05) is 45.3 Å². The van der Waals surface area contributed by atoms with E-state index in [0.29, 0.717) is 39.0 Å². The molecule has 136 valence electrons. The van der Waals surface area contributed by atoms with E-state index in [4.69, 9.17) is 0 Å². The molecule has 1 aromatic rings. The van der Waals surface area contributed by atoms with Gasteiger partial charge < -0.3 is 9.80 Å². The summed E-state index contributed by atoms with van der Waals surface area (Å²) in [6, 6.07) is 4.85. The lowest BCUT2D eigenvalue weighted by Gasteiger charge is -2.22. The minimum absolute atomic E-state index is 0.0342.